The van der Waals surface area contributed by atoms with Crippen LogP contribution in [-0.2, 0) is 4.74 Å². The Morgan fingerprint density at radius 1 is 1.23 bits per heavy atom. The van der Waals surface area contributed by atoms with Crippen molar-refractivity contribution >= 4 is 45.1 Å². The van der Waals surface area contributed by atoms with E-state index in [0.717, 1.165) is 27.6 Å². The maximum Gasteiger partial charge on any atom is 0.410 e. The van der Waals surface area contributed by atoms with Gasteiger partial charge >= 0.3 is 6.09 Å². The highest BCUT2D eigenvalue weighted by atomic mass is 127. The fourth-order valence-corrected chi connectivity index (χ4v) is 4.52. The fraction of sp³-hybridized carbons (Fsp3) is 0.474. The normalized spacial score (nSPS) is 22.3. The van der Waals surface area contributed by atoms with Gasteiger partial charge in [-0.15, -0.1) is 0 Å². The minimum atomic E-state index is -0.472. The molecule has 0 aliphatic carbocycles. The van der Waals surface area contributed by atoms with Gasteiger partial charge in [-0.1, -0.05) is 0 Å². The number of benzene rings is 1. The summed E-state index contributed by atoms with van der Waals surface area (Å²) in [6, 6.07) is 6.47. The maximum absolute atomic E-state index is 12.4. The van der Waals surface area contributed by atoms with E-state index >= 15 is 0 Å². The second kappa shape index (κ2) is 6.14. The van der Waals surface area contributed by atoms with Gasteiger partial charge < -0.3 is 19.5 Å². The number of anilines is 1. The molecule has 1 aromatic carbocycles. The zero-order valence-electron chi connectivity index (χ0n) is 15.1. The number of pyridine rings is 1. The summed E-state index contributed by atoms with van der Waals surface area (Å²) >= 11 is 2.24. The molecule has 6 nitrogen and oxygen atoms in total. The van der Waals surface area contributed by atoms with Gasteiger partial charge in [-0.2, -0.15) is 0 Å². The topological polar surface area (TPSA) is 65.6 Å². The zero-order chi connectivity index (χ0) is 18.6. The fourth-order valence-electron chi connectivity index (χ4n) is 3.92. The Hall–Kier alpha value is -1.77. The molecule has 2 fully saturated rings. The lowest BCUT2D eigenvalue weighted by atomic mass is 10.1. The molecule has 2 aromatic rings. The Balaban J connectivity index is 1.56. The number of fused-ring (bicyclic) bond motifs is 3. The molecular formula is C19H22IN3O3. The summed E-state index contributed by atoms with van der Waals surface area (Å²) in [6.07, 6.45) is 2.49. The SMILES string of the molecule is CC(C)(C)OC(=O)N1CC2CC1CN2c1ccc2c(=O)[nH]cc(I)c2c1. The first kappa shape index (κ1) is 17.6. The van der Waals surface area contributed by atoms with Gasteiger partial charge in [0.05, 0.1) is 6.04 Å². The number of aromatic nitrogens is 1. The Bertz CT molecular complexity index is 934. The Morgan fingerprint density at radius 2 is 2.00 bits per heavy atom. The molecular weight excluding hydrogens is 445 g/mol. The third kappa shape index (κ3) is 3.06. The number of hydrogen-bond donors (Lipinski definition) is 1. The molecule has 1 amide bonds. The van der Waals surface area contributed by atoms with Crippen LogP contribution in [0, 0.1) is 3.57 Å². The van der Waals surface area contributed by atoms with Crippen LogP contribution in [-0.4, -0.2) is 46.8 Å². The van der Waals surface area contributed by atoms with Gasteiger partial charge in [0.15, 0.2) is 0 Å². The lowest BCUT2D eigenvalue weighted by Gasteiger charge is -2.36. The monoisotopic (exact) mass is 467 g/mol. The number of nitrogens with zero attached hydrogens (tertiary/aromatic N) is 2. The third-order valence-corrected chi connectivity index (χ3v) is 5.93. The maximum atomic E-state index is 12.4. The molecule has 4 rings (SSSR count). The summed E-state index contributed by atoms with van der Waals surface area (Å²) in [7, 11) is 0. The molecule has 0 radical (unpaired) electrons. The molecule has 138 valence electrons. The van der Waals surface area contributed by atoms with E-state index in [1.165, 1.54) is 0 Å². The number of H-pyrrole nitrogens is 1. The third-order valence-electron chi connectivity index (χ3n) is 5.04. The number of rotatable bonds is 1. The van der Waals surface area contributed by atoms with Crippen LogP contribution in [0.5, 0.6) is 0 Å². The van der Waals surface area contributed by atoms with E-state index in [-0.39, 0.29) is 17.7 Å². The molecule has 2 bridgehead atoms. The zero-order valence-corrected chi connectivity index (χ0v) is 17.2. The first-order valence-electron chi connectivity index (χ1n) is 8.80. The van der Waals surface area contributed by atoms with Gasteiger partial charge in [-0.25, -0.2) is 4.79 Å². The van der Waals surface area contributed by atoms with E-state index in [4.69, 9.17) is 4.74 Å². The van der Waals surface area contributed by atoms with Crippen molar-refractivity contribution in [2.75, 3.05) is 18.0 Å². The van der Waals surface area contributed by atoms with E-state index in [0.29, 0.717) is 18.0 Å². The number of aromatic amines is 1. The molecule has 2 unspecified atom stereocenters. The molecule has 0 spiro atoms. The number of hydrogen-bond acceptors (Lipinski definition) is 4. The van der Waals surface area contributed by atoms with Crippen molar-refractivity contribution in [1.29, 1.82) is 0 Å². The molecule has 2 aliphatic rings. The number of likely N-dealkylation sites (tertiary alicyclic amines) is 1. The van der Waals surface area contributed by atoms with Gasteiger partial charge in [0, 0.05) is 45.4 Å². The van der Waals surface area contributed by atoms with Crippen LogP contribution in [0.3, 0.4) is 0 Å². The number of amides is 1. The molecule has 0 saturated carbocycles. The second-order valence-electron chi connectivity index (χ2n) is 8.02. The second-order valence-corrected chi connectivity index (χ2v) is 9.19. The van der Waals surface area contributed by atoms with Gasteiger partial charge in [0.1, 0.15) is 5.60 Å². The van der Waals surface area contributed by atoms with Gasteiger partial charge in [0.25, 0.3) is 5.56 Å². The smallest absolute Gasteiger partial charge is 0.410 e. The quantitative estimate of drug-likeness (QED) is 0.654. The molecule has 26 heavy (non-hydrogen) atoms. The minimum Gasteiger partial charge on any atom is -0.444 e. The van der Waals surface area contributed by atoms with E-state index < -0.39 is 5.60 Å². The van der Waals surface area contributed by atoms with Crippen molar-refractivity contribution in [3.63, 3.8) is 0 Å². The summed E-state index contributed by atoms with van der Waals surface area (Å²) in [6.45, 7) is 7.16. The van der Waals surface area contributed by atoms with Gasteiger partial charge in [-0.05, 0) is 68.0 Å². The number of halogens is 1. The van der Waals surface area contributed by atoms with Crippen LogP contribution in [0.15, 0.2) is 29.2 Å². The Labute approximate surface area is 165 Å². The van der Waals surface area contributed by atoms with Crippen molar-refractivity contribution in [3.05, 3.63) is 38.3 Å². The van der Waals surface area contributed by atoms with E-state index in [2.05, 4.69) is 38.5 Å². The lowest BCUT2D eigenvalue weighted by molar-refractivity contribution is 0.0215. The van der Waals surface area contributed by atoms with Crippen LogP contribution < -0.4 is 10.5 Å². The molecule has 2 aliphatic heterocycles. The standard InChI is InChI=1S/C19H22IN3O3/c1-19(2,3)26-18(25)23-10-12-6-13(23)9-22(12)11-4-5-14-15(7-11)16(20)8-21-17(14)24/h4-5,7-8,12-13H,6,9-10H2,1-3H3,(H,21,24). The molecule has 1 aromatic heterocycles. The average molecular weight is 467 g/mol. The van der Waals surface area contributed by atoms with Crippen LogP contribution in [0.1, 0.15) is 27.2 Å². The van der Waals surface area contributed by atoms with Crippen molar-refractivity contribution in [2.24, 2.45) is 0 Å². The average Bonchev–Trinajstić information content (AvgIpc) is 3.17. The summed E-state index contributed by atoms with van der Waals surface area (Å²) in [5.41, 5.74) is 0.573. The van der Waals surface area contributed by atoms with Crippen molar-refractivity contribution < 1.29 is 9.53 Å². The van der Waals surface area contributed by atoms with Gasteiger partial charge in [-0.3, -0.25) is 4.79 Å². The minimum absolute atomic E-state index is 0.0639. The highest BCUT2D eigenvalue weighted by Crippen LogP contribution is 2.36. The molecule has 2 atom stereocenters. The van der Waals surface area contributed by atoms with Crippen molar-refractivity contribution in [3.8, 4) is 0 Å². The van der Waals surface area contributed by atoms with Gasteiger partial charge in [0.2, 0.25) is 0 Å². The number of nitrogens with one attached hydrogen (secondary N) is 1. The van der Waals surface area contributed by atoms with E-state index in [9.17, 15) is 9.59 Å². The van der Waals surface area contributed by atoms with Crippen LogP contribution in [0.2, 0.25) is 0 Å². The highest BCUT2D eigenvalue weighted by molar-refractivity contribution is 14.1. The van der Waals surface area contributed by atoms with Crippen LogP contribution >= 0.6 is 22.6 Å². The Kier molecular flexibility index (Phi) is 4.17. The predicted molar refractivity (Wildman–Crippen MR) is 110 cm³/mol. The van der Waals surface area contributed by atoms with E-state index in [1.54, 1.807) is 6.20 Å². The number of piperazine rings is 1. The lowest BCUT2D eigenvalue weighted by Crippen LogP contribution is -2.50. The Morgan fingerprint density at radius 3 is 2.65 bits per heavy atom. The van der Waals surface area contributed by atoms with Crippen molar-refractivity contribution in [2.45, 2.75) is 44.9 Å². The predicted octanol–water partition coefficient (Wildman–Crippen LogP) is 3.33. The number of carbonyl (C=O) groups is 1. The largest absolute Gasteiger partial charge is 0.444 e. The first-order chi connectivity index (χ1) is 12.2. The molecule has 7 heteroatoms. The van der Waals surface area contributed by atoms with Crippen molar-refractivity contribution in [1.82, 2.24) is 9.88 Å². The van der Waals surface area contributed by atoms with E-state index in [1.807, 2.05) is 37.8 Å². The number of carbonyl (C=O) groups excluding carboxylic acids is 1. The summed E-state index contributed by atoms with van der Waals surface area (Å²) < 4.78 is 6.56. The van der Waals surface area contributed by atoms with Crippen LogP contribution in [0.4, 0.5) is 10.5 Å². The highest BCUT2D eigenvalue weighted by Gasteiger charge is 2.46. The molecule has 1 N–H and O–H groups in total. The summed E-state index contributed by atoms with van der Waals surface area (Å²) in [5, 5.41) is 1.68. The summed E-state index contributed by atoms with van der Waals surface area (Å²) in [4.78, 5) is 31.4. The molecule has 3 heterocycles. The summed E-state index contributed by atoms with van der Waals surface area (Å²) in [5.74, 6) is 0. The molecule has 2 saturated heterocycles. The number of ether oxygens (including phenoxy) is 1. The van der Waals surface area contributed by atoms with Crippen LogP contribution in [0.25, 0.3) is 10.8 Å². The first-order valence-corrected chi connectivity index (χ1v) is 9.88.